The molecule has 3 N–H and O–H groups in total. The van der Waals surface area contributed by atoms with Crippen molar-refractivity contribution >= 4 is 11.8 Å². The first-order chi connectivity index (χ1) is 11.2. The molecule has 0 bridgehead atoms. The summed E-state index contributed by atoms with van der Waals surface area (Å²) in [7, 11) is 0. The molecule has 1 fully saturated rings. The molecule has 0 spiro atoms. The maximum absolute atomic E-state index is 13.0. The maximum atomic E-state index is 13.0. The Morgan fingerprint density at radius 2 is 2.00 bits per heavy atom. The second kappa shape index (κ2) is 7.75. The van der Waals surface area contributed by atoms with Crippen LogP contribution >= 0.6 is 0 Å². The van der Waals surface area contributed by atoms with Gasteiger partial charge in [-0.05, 0) is 57.4 Å². The first kappa shape index (κ1) is 18.4. The van der Waals surface area contributed by atoms with Crippen molar-refractivity contribution < 1.29 is 14.0 Å². The highest BCUT2D eigenvalue weighted by atomic mass is 19.1. The minimum atomic E-state index is -0.430. The number of rotatable bonds is 6. The summed E-state index contributed by atoms with van der Waals surface area (Å²) in [5, 5.41) is 3.09. The number of benzene rings is 1. The quantitative estimate of drug-likeness (QED) is 0.826. The molecule has 132 valence electrons. The van der Waals surface area contributed by atoms with E-state index >= 15 is 0 Å². The molecule has 1 aromatic rings. The lowest BCUT2D eigenvalue weighted by molar-refractivity contribution is -0.129. The Balaban J connectivity index is 1.91. The van der Waals surface area contributed by atoms with Crippen LogP contribution in [-0.2, 0) is 16.0 Å². The van der Waals surface area contributed by atoms with E-state index < -0.39 is 5.54 Å². The van der Waals surface area contributed by atoms with Gasteiger partial charge in [-0.3, -0.25) is 14.5 Å². The van der Waals surface area contributed by atoms with Crippen LogP contribution in [0.25, 0.3) is 0 Å². The fourth-order valence-corrected chi connectivity index (χ4v) is 3.23. The smallest absolute Gasteiger partial charge is 0.231 e. The van der Waals surface area contributed by atoms with Gasteiger partial charge < -0.3 is 11.1 Å². The largest absolute Gasteiger partial charge is 0.369 e. The molecule has 5 nitrogen and oxygen atoms in total. The van der Waals surface area contributed by atoms with E-state index in [9.17, 15) is 14.0 Å². The van der Waals surface area contributed by atoms with E-state index in [2.05, 4.69) is 5.32 Å². The molecule has 1 aliphatic heterocycles. The molecule has 1 atom stereocenters. The molecular weight excluding hydrogens is 309 g/mol. The fraction of sp³-hybridized carbons (Fsp3) is 0.556. The zero-order chi connectivity index (χ0) is 17.7. The van der Waals surface area contributed by atoms with Crippen molar-refractivity contribution in [1.82, 2.24) is 10.2 Å². The standard InChI is InChI=1S/C18H26FN3O2/c1-18(2,10-13-5-7-15(19)8-6-13)21-17(24)14-4-3-9-22(11-14)12-16(20)23/h5-8,14H,3-4,9-12H2,1-2H3,(H2,20,23)(H,21,24)/t14-/m1/s1. The normalized spacial score (nSPS) is 19.0. The van der Waals surface area contributed by atoms with Crippen molar-refractivity contribution in [2.45, 2.75) is 38.6 Å². The number of halogens is 1. The van der Waals surface area contributed by atoms with E-state index in [1.165, 1.54) is 12.1 Å². The number of carbonyl (C=O) groups excluding carboxylic acids is 2. The predicted molar refractivity (Wildman–Crippen MR) is 90.7 cm³/mol. The fourth-order valence-electron chi connectivity index (χ4n) is 3.23. The third kappa shape index (κ3) is 5.60. The molecule has 0 aromatic heterocycles. The number of nitrogens with one attached hydrogen (secondary N) is 1. The van der Waals surface area contributed by atoms with Crippen molar-refractivity contribution in [2.75, 3.05) is 19.6 Å². The number of hydrogen-bond acceptors (Lipinski definition) is 3. The summed E-state index contributed by atoms with van der Waals surface area (Å²) in [4.78, 5) is 25.6. The van der Waals surface area contributed by atoms with Crippen LogP contribution in [0.4, 0.5) is 4.39 Å². The monoisotopic (exact) mass is 335 g/mol. The first-order valence-corrected chi connectivity index (χ1v) is 8.32. The summed E-state index contributed by atoms with van der Waals surface area (Å²) >= 11 is 0. The van der Waals surface area contributed by atoms with Gasteiger partial charge >= 0.3 is 0 Å². The number of nitrogens with two attached hydrogens (primary N) is 1. The van der Waals surface area contributed by atoms with Crippen LogP contribution in [0.2, 0.25) is 0 Å². The molecule has 1 heterocycles. The Morgan fingerprint density at radius 3 is 2.62 bits per heavy atom. The number of likely N-dealkylation sites (tertiary alicyclic amines) is 1. The van der Waals surface area contributed by atoms with Crippen LogP contribution in [-0.4, -0.2) is 41.9 Å². The van der Waals surface area contributed by atoms with Crippen LogP contribution < -0.4 is 11.1 Å². The molecule has 2 rings (SSSR count). The number of piperidine rings is 1. The molecule has 2 amide bonds. The van der Waals surface area contributed by atoms with Crippen molar-refractivity contribution in [2.24, 2.45) is 11.7 Å². The van der Waals surface area contributed by atoms with E-state index in [4.69, 9.17) is 5.73 Å². The van der Waals surface area contributed by atoms with Gasteiger partial charge in [0.15, 0.2) is 0 Å². The van der Waals surface area contributed by atoms with E-state index in [0.717, 1.165) is 24.9 Å². The summed E-state index contributed by atoms with van der Waals surface area (Å²) in [5.74, 6) is -0.771. The van der Waals surface area contributed by atoms with Crippen LogP contribution in [0.1, 0.15) is 32.3 Å². The second-order valence-electron chi connectivity index (χ2n) is 7.22. The van der Waals surface area contributed by atoms with Gasteiger partial charge in [-0.15, -0.1) is 0 Å². The highest BCUT2D eigenvalue weighted by Crippen LogP contribution is 2.19. The van der Waals surface area contributed by atoms with Crippen LogP contribution in [0.3, 0.4) is 0 Å². The van der Waals surface area contributed by atoms with Gasteiger partial charge in [-0.25, -0.2) is 4.39 Å². The number of primary amides is 1. The average molecular weight is 335 g/mol. The third-order valence-electron chi connectivity index (χ3n) is 4.28. The molecule has 0 aliphatic carbocycles. The Hall–Kier alpha value is -1.95. The highest BCUT2D eigenvalue weighted by Gasteiger charge is 2.30. The van der Waals surface area contributed by atoms with Gasteiger partial charge in [0.1, 0.15) is 5.82 Å². The lowest BCUT2D eigenvalue weighted by Gasteiger charge is -2.34. The Kier molecular flexibility index (Phi) is 5.94. The molecule has 1 aliphatic rings. The van der Waals surface area contributed by atoms with Crippen LogP contribution in [0, 0.1) is 11.7 Å². The topological polar surface area (TPSA) is 75.4 Å². The van der Waals surface area contributed by atoms with Gasteiger partial charge in [0.25, 0.3) is 0 Å². The van der Waals surface area contributed by atoms with Crippen molar-refractivity contribution in [3.05, 3.63) is 35.6 Å². The molecule has 1 aromatic carbocycles. The number of hydrogen-bond donors (Lipinski definition) is 2. The zero-order valence-corrected chi connectivity index (χ0v) is 14.3. The maximum Gasteiger partial charge on any atom is 0.231 e. The van der Waals surface area contributed by atoms with Gasteiger partial charge in [0.2, 0.25) is 11.8 Å². The van der Waals surface area contributed by atoms with Gasteiger partial charge in [0, 0.05) is 12.1 Å². The SMILES string of the molecule is CC(C)(Cc1ccc(F)cc1)NC(=O)[C@@H]1CCCN(CC(N)=O)C1. The molecular formula is C18H26FN3O2. The number of nitrogens with zero attached hydrogens (tertiary/aromatic N) is 1. The van der Waals surface area contributed by atoms with E-state index in [-0.39, 0.29) is 30.1 Å². The second-order valence-corrected chi connectivity index (χ2v) is 7.22. The zero-order valence-electron chi connectivity index (χ0n) is 14.3. The highest BCUT2D eigenvalue weighted by molar-refractivity contribution is 5.80. The van der Waals surface area contributed by atoms with Gasteiger partial charge in [-0.1, -0.05) is 12.1 Å². The van der Waals surface area contributed by atoms with E-state index in [0.29, 0.717) is 13.0 Å². The van der Waals surface area contributed by atoms with Crippen molar-refractivity contribution in [3.8, 4) is 0 Å². The Labute approximate surface area is 142 Å². The minimum absolute atomic E-state index is 0.00344. The van der Waals surface area contributed by atoms with Crippen molar-refractivity contribution in [3.63, 3.8) is 0 Å². The molecule has 24 heavy (non-hydrogen) atoms. The summed E-state index contributed by atoms with van der Waals surface area (Å²) in [5.41, 5.74) is 5.78. The molecule has 0 radical (unpaired) electrons. The molecule has 6 heteroatoms. The summed E-state index contributed by atoms with van der Waals surface area (Å²) in [6.07, 6.45) is 2.31. The molecule has 0 unspecified atom stereocenters. The van der Waals surface area contributed by atoms with Crippen molar-refractivity contribution in [1.29, 1.82) is 0 Å². The minimum Gasteiger partial charge on any atom is -0.369 e. The Bertz CT molecular complexity index is 586. The Morgan fingerprint density at radius 1 is 1.33 bits per heavy atom. The molecule has 1 saturated heterocycles. The van der Waals surface area contributed by atoms with Crippen LogP contribution in [0.15, 0.2) is 24.3 Å². The third-order valence-corrected chi connectivity index (χ3v) is 4.28. The van der Waals surface area contributed by atoms with Crippen LogP contribution in [0.5, 0.6) is 0 Å². The summed E-state index contributed by atoms with van der Waals surface area (Å²) in [6.45, 7) is 5.46. The lowest BCUT2D eigenvalue weighted by Crippen LogP contribution is -2.51. The number of carbonyl (C=O) groups is 2. The molecule has 0 saturated carbocycles. The van der Waals surface area contributed by atoms with Gasteiger partial charge in [-0.2, -0.15) is 0 Å². The lowest BCUT2D eigenvalue weighted by atomic mass is 9.92. The summed E-state index contributed by atoms with van der Waals surface area (Å²) in [6, 6.07) is 6.32. The predicted octanol–water partition coefficient (Wildman–Crippen LogP) is 1.46. The van der Waals surface area contributed by atoms with Gasteiger partial charge in [0.05, 0.1) is 12.5 Å². The average Bonchev–Trinajstić information content (AvgIpc) is 2.48. The first-order valence-electron chi connectivity index (χ1n) is 8.32. The van der Waals surface area contributed by atoms with E-state index in [1.807, 2.05) is 18.7 Å². The van der Waals surface area contributed by atoms with E-state index in [1.54, 1.807) is 12.1 Å². The number of amides is 2. The summed E-state index contributed by atoms with van der Waals surface area (Å²) < 4.78 is 13.0.